The second kappa shape index (κ2) is 20.7. The lowest BCUT2D eigenvalue weighted by atomic mass is 9.95. The van der Waals surface area contributed by atoms with Crippen LogP contribution in [0.25, 0.3) is 10.8 Å². The third-order valence-electron chi connectivity index (χ3n) is 11.4. The summed E-state index contributed by atoms with van der Waals surface area (Å²) in [4.78, 5) is 38.4. The molecule has 0 spiro atoms. The van der Waals surface area contributed by atoms with Gasteiger partial charge in [-0.25, -0.2) is 0 Å². The van der Waals surface area contributed by atoms with E-state index in [2.05, 4.69) is 20.1 Å². The molecule has 322 valence electrons. The Labute approximate surface area is 367 Å². The van der Waals surface area contributed by atoms with Gasteiger partial charge in [-0.3, -0.25) is 19.5 Å². The minimum Gasteiger partial charge on any atom is -0.493 e. The van der Waals surface area contributed by atoms with E-state index in [0.29, 0.717) is 97.8 Å². The number of methoxy groups -OCH3 is 1. The second-order valence-electron chi connectivity index (χ2n) is 15.5. The molecule has 2 fully saturated rings. The standard InChI is InChI=1S/C48H52ClN7O6/c1-59-44-31-39-40(32-45(44)61-26-8-7-19-54-24-27-60-28-25-54)46(53-52-42(39)29-34-15-17-50-18-16-34)55-20-22-56(23-21-55)48(58)38-12-6-5-11-37(38)47(57)51-36-13-14-43(41(49)30-36)62-33-35-9-3-2-4-10-35/h2-4,9-18,30-32H,5-8,19-29,33H2,1H3,(H,51,57). The van der Waals surface area contributed by atoms with Crippen LogP contribution >= 0.6 is 11.6 Å². The predicted octanol–water partition coefficient (Wildman–Crippen LogP) is 7.28. The molecule has 0 saturated carbocycles. The molecule has 2 aromatic heterocycles. The summed E-state index contributed by atoms with van der Waals surface area (Å²) in [5.41, 5.74) is 4.17. The molecule has 2 amide bonds. The van der Waals surface area contributed by atoms with E-state index in [1.807, 2.05) is 71.6 Å². The topological polar surface area (TPSA) is 131 Å². The number of hydrogen-bond donors (Lipinski definition) is 1. The number of unbranched alkanes of at least 4 members (excludes halogenated alkanes) is 1. The minimum atomic E-state index is -0.365. The number of halogens is 1. The number of carbonyl (C=O) groups is 2. The van der Waals surface area contributed by atoms with Crippen LogP contribution in [0.1, 0.15) is 42.5 Å². The van der Waals surface area contributed by atoms with E-state index in [1.165, 1.54) is 0 Å². The van der Waals surface area contributed by atoms with Gasteiger partial charge in [0.1, 0.15) is 12.4 Å². The quantitative estimate of drug-likeness (QED) is 0.101. The van der Waals surface area contributed by atoms with Crippen LogP contribution < -0.4 is 24.4 Å². The third-order valence-corrected chi connectivity index (χ3v) is 11.7. The Morgan fingerprint density at radius 3 is 2.29 bits per heavy atom. The fourth-order valence-corrected chi connectivity index (χ4v) is 8.22. The predicted molar refractivity (Wildman–Crippen MR) is 240 cm³/mol. The molecule has 3 aliphatic rings. The summed E-state index contributed by atoms with van der Waals surface area (Å²) in [6.07, 6.45) is 11.1. The molecule has 2 aliphatic heterocycles. The first-order valence-corrected chi connectivity index (χ1v) is 21.7. The molecule has 14 heteroatoms. The molecule has 0 radical (unpaired) electrons. The van der Waals surface area contributed by atoms with E-state index in [4.69, 9.17) is 40.7 Å². The monoisotopic (exact) mass is 857 g/mol. The number of pyridine rings is 1. The maximum Gasteiger partial charge on any atom is 0.256 e. The Bertz CT molecular complexity index is 2400. The van der Waals surface area contributed by atoms with Crippen LogP contribution in [-0.4, -0.2) is 110 Å². The van der Waals surface area contributed by atoms with Crippen molar-refractivity contribution < 1.29 is 28.5 Å². The number of morpholine rings is 1. The van der Waals surface area contributed by atoms with Crippen molar-refractivity contribution in [3.8, 4) is 17.2 Å². The lowest BCUT2D eigenvalue weighted by molar-refractivity contribution is -0.127. The number of ether oxygens (including phenoxy) is 4. The smallest absolute Gasteiger partial charge is 0.256 e. The summed E-state index contributed by atoms with van der Waals surface area (Å²) in [5, 5.41) is 14.7. The largest absolute Gasteiger partial charge is 0.493 e. The second-order valence-corrected chi connectivity index (χ2v) is 15.9. The number of carbonyl (C=O) groups excluding carboxylic acids is 2. The van der Waals surface area contributed by atoms with Gasteiger partial charge in [0.05, 0.1) is 37.6 Å². The van der Waals surface area contributed by atoms with Crippen molar-refractivity contribution in [3.63, 3.8) is 0 Å². The van der Waals surface area contributed by atoms with E-state index in [-0.39, 0.29) is 11.8 Å². The number of amides is 2. The number of aromatic nitrogens is 3. The Kier molecular flexibility index (Phi) is 14.2. The molecule has 5 aromatic rings. The number of anilines is 2. The highest BCUT2D eigenvalue weighted by Gasteiger charge is 2.30. The van der Waals surface area contributed by atoms with Crippen LogP contribution in [0.4, 0.5) is 11.5 Å². The van der Waals surface area contributed by atoms with Crippen molar-refractivity contribution in [2.45, 2.75) is 38.7 Å². The molecule has 62 heavy (non-hydrogen) atoms. The average molecular weight is 858 g/mol. The number of nitrogens with zero attached hydrogens (tertiary/aromatic N) is 6. The van der Waals surface area contributed by atoms with Crippen molar-refractivity contribution in [1.29, 1.82) is 0 Å². The first-order valence-electron chi connectivity index (χ1n) is 21.3. The van der Waals surface area contributed by atoms with Gasteiger partial charge in [-0.2, -0.15) is 5.10 Å². The van der Waals surface area contributed by atoms with Gasteiger partial charge in [-0.15, -0.1) is 5.10 Å². The number of fused-ring (bicyclic) bond motifs is 1. The average Bonchev–Trinajstić information content (AvgIpc) is 3.32. The molecular formula is C48H52ClN7O6. The lowest BCUT2D eigenvalue weighted by Gasteiger charge is -2.36. The fraction of sp³-hybridized carbons (Fsp3) is 0.354. The summed E-state index contributed by atoms with van der Waals surface area (Å²) in [7, 11) is 1.66. The Morgan fingerprint density at radius 2 is 1.53 bits per heavy atom. The molecule has 0 unspecified atom stereocenters. The maximum absolute atomic E-state index is 14.1. The lowest BCUT2D eigenvalue weighted by Crippen LogP contribution is -2.50. The van der Waals surface area contributed by atoms with Crippen molar-refractivity contribution in [1.82, 2.24) is 25.0 Å². The van der Waals surface area contributed by atoms with Crippen LogP contribution in [0.5, 0.6) is 17.2 Å². The number of nitrogens with one attached hydrogen (secondary N) is 1. The van der Waals surface area contributed by atoms with Crippen molar-refractivity contribution in [2.24, 2.45) is 0 Å². The Morgan fingerprint density at radius 1 is 0.774 bits per heavy atom. The van der Waals surface area contributed by atoms with Crippen LogP contribution in [0.2, 0.25) is 5.02 Å². The van der Waals surface area contributed by atoms with Gasteiger partial charge in [-0.05, 0) is 85.8 Å². The number of piperazine rings is 1. The van der Waals surface area contributed by atoms with Crippen molar-refractivity contribution >= 4 is 45.7 Å². The van der Waals surface area contributed by atoms with Crippen LogP contribution in [0.3, 0.4) is 0 Å². The first kappa shape index (κ1) is 42.7. The van der Waals surface area contributed by atoms with Gasteiger partial charge in [-0.1, -0.05) is 54.1 Å². The molecule has 0 bridgehead atoms. The van der Waals surface area contributed by atoms with Gasteiger partial charge in [0.25, 0.3) is 11.8 Å². The summed E-state index contributed by atoms with van der Waals surface area (Å²) in [6.45, 7) is 7.40. The number of allylic oxidation sites excluding steroid dienone is 2. The molecule has 8 rings (SSSR count). The summed E-state index contributed by atoms with van der Waals surface area (Å²) >= 11 is 6.56. The fourth-order valence-electron chi connectivity index (χ4n) is 7.99. The summed E-state index contributed by atoms with van der Waals surface area (Å²) in [6, 6.07) is 22.9. The molecule has 2 saturated heterocycles. The zero-order valence-corrected chi connectivity index (χ0v) is 35.8. The van der Waals surface area contributed by atoms with Gasteiger partial charge in [0.2, 0.25) is 0 Å². The van der Waals surface area contributed by atoms with Gasteiger partial charge < -0.3 is 34.1 Å². The van der Waals surface area contributed by atoms with Crippen LogP contribution in [-0.2, 0) is 27.4 Å². The molecule has 3 aromatic carbocycles. The highest BCUT2D eigenvalue weighted by atomic mass is 35.5. The van der Waals surface area contributed by atoms with E-state index in [9.17, 15) is 9.59 Å². The molecule has 13 nitrogen and oxygen atoms in total. The van der Waals surface area contributed by atoms with E-state index >= 15 is 0 Å². The minimum absolute atomic E-state index is 0.175. The molecule has 1 N–H and O–H groups in total. The number of benzene rings is 3. The van der Waals surface area contributed by atoms with Crippen LogP contribution in [0.15, 0.2) is 108 Å². The summed E-state index contributed by atoms with van der Waals surface area (Å²) < 4.78 is 23.7. The molecule has 0 atom stereocenters. The third kappa shape index (κ3) is 10.5. The van der Waals surface area contributed by atoms with Gasteiger partial charge >= 0.3 is 0 Å². The van der Waals surface area contributed by atoms with Gasteiger partial charge in [0.15, 0.2) is 17.3 Å². The van der Waals surface area contributed by atoms with Gasteiger partial charge in [0, 0.05) is 85.7 Å². The van der Waals surface area contributed by atoms with Crippen molar-refractivity contribution in [3.05, 3.63) is 130 Å². The van der Waals surface area contributed by atoms with Crippen LogP contribution in [0, 0.1) is 0 Å². The molecule has 1 aliphatic carbocycles. The van der Waals surface area contributed by atoms with E-state index < -0.39 is 0 Å². The Balaban J connectivity index is 0.936. The molecular weight excluding hydrogens is 806 g/mol. The number of hydrogen-bond acceptors (Lipinski definition) is 11. The SMILES string of the molecule is COc1cc2c(Cc3ccncc3)nnc(N3CCN(C(=O)C4=CCCC=C4C(=O)Nc4ccc(OCc5ccccc5)c(Cl)c4)CC3)c2cc1OCCCCN1CCOCC1. The highest BCUT2D eigenvalue weighted by Crippen LogP contribution is 2.38. The summed E-state index contributed by atoms with van der Waals surface area (Å²) in [5.74, 6) is 1.98. The first-order chi connectivity index (χ1) is 30.4. The molecule has 4 heterocycles. The zero-order valence-electron chi connectivity index (χ0n) is 35.1. The normalized spacial score (nSPS) is 15.8. The zero-order chi connectivity index (χ0) is 42.7. The highest BCUT2D eigenvalue weighted by molar-refractivity contribution is 6.32. The Hall–Kier alpha value is -6.02. The van der Waals surface area contributed by atoms with Crippen molar-refractivity contribution in [2.75, 3.05) is 83.0 Å². The number of rotatable bonds is 16. The maximum atomic E-state index is 14.1. The van der Waals surface area contributed by atoms with E-state index in [1.54, 1.807) is 37.7 Å². The van der Waals surface area contributed by atoms with E-state index in [0.717, 1.165) is 79.1 Å².